The molecule has 0 aliphatic heterocycles. The Labute approximate surface area is 192 Å². The minimum atomic E-state index is 0. The third-order valence-electron chi connectivity index (χ3n) is 6.01. The highest BCUT2D eigenvalue weighted by atomic mass is 14.1. The van der Waals surface area contributed by atoms with E-state index in [0.29, 0.717) is 0 Å². The van der Waals surface area contributed by atoms with Crippen molar-refractivity contribution in [3.05, 3.63) is 120 Å². The van der Waals surface area contributed by atoms with Gasteiger partial charge >= 0.3 is 0 Å². The molecule has 6 rings (SSSR count). The maximum absolute atomic E-state index is 2.28. The molecule has 0 unspecified atom stereocenters. The molecule has 0 amide bonds. The SMILES string of the molecule is C.C.Cc1c2ccccc2cc2ccccc12.Cc1cccc2cc3ccccc3cc12. The molecule has 0 saturated heterocycles. The summed E-state index contributed by atoms with van der Waals surface area (Å²) in [6, 6.07) is 38.9. The fraction of sp³-hybridized carbons (Fsp3) is 0.125. The van der Waals surface area contributed by atoms with E-state index in [4.69, 9.17) is 0 Å². The number of hydrogen-bond donors (Lipinski definition) is 0. The van der Waals surface area contributed by atoms with E-state index >= 15 is 0 Å². The quantitative estimate of drug-likeness (QED) is 0.216. The molecular formula is C32H32. The van der Waals surface area contributed by atoms with Crippen LogP contribution in [-0.4, -0.2) is 0 Å². The van der Waals surface area contributed by atoms with E-state index in [0.717, 1.165) is 0 Å². The molecule has 0 aromatic heterocycles. The highest BCUT2D eigenvalue weighted by molar-refractivity contribution is 6.02. The van der Waals surface area contributed by atoms with E-state index in [1.54, 1.807) is 0 Å². The van der Waals surface area contributed by atoms with E-state index in [-0.39, 0.29) is 14.9 Å². The summed E-state index contributed by atoms with van der Waals surface area (Å²) in [6.07, 6.45) is 0. The Kier molecular flexibility index (Phi) is 6.95. The van der Waals surface area contributed by atoms with Crippen LogP contribution < -0.4 is 0 Å². The summed E-state index contributed by atoms with van der Waals surface area (Å²) in [5.41, 5.74) is 2.72. The van der Waals surface area contributed by atoms with Gasteiger partial charge in [-0.3, -0.25) is 0 Å². The molecule has 0 aliphatic carbocycles. The van der Waals surface area contributed by atoms with E-state index in [9.17, 15) is 0 Å². The molecule has 160 valence electrons. The smallest absolute Gasteiger partial charge is 0.0148 e. The largest absolute Gasteiger partial charge is 0.0776 e. The summed E-state index contributed by atoms with van der Waals surface area (Å²) in [4.78, 5) is 0. The van der Waals surface area contributed by atoms with Crippen LogP contribution in [-0.2, 0) is 0 Å². The maximum atomic E-state index is 2.28. The second-order valence-corrected chi connectivity index (χ2v) is 7.94. The topological polar surface area (TPSA) is 0 Å². The number of hydrogen-bond acceptors (Lipinski definition) is 0. The molecule has 0 fully saturated rings. The van der Waals surface area contributed by atoms with Crippen molar-refractivity contribution in [1.82, 2.24) is 0 Å². The molecule has 0 N–H and O–H groups in total. The predicted molar refractivity (Wildman–Crippen MR) is 146 cm³/mol. The molecule has 0 saturated carbocycles. The van der Waals surface area contributed by atoms with Crippen LogP contribution in [0.15, 0.2) is 109 Å². The van der Waals surface area contributed by atoms with Crippen molar-refractivity contribution in [2.75, 3.05) is 0 Å². The Bertz CT molecular complexity index is 1430. The Morgan fingerprint density at radius 1 is 0.375 bits per heavy atom. The normalized spacial score (nSPS) is 10.3. The third-order valence-corrected chi connectivity index (χ3v) is 6.01. The van der Waals surface area contributed by atoms with Crippen LogP contribution in [0.1, 0.15) is 26.0 Å². The van der Waals surface area contributed by atoms with Gasteiger partial charge in [-0.2, -0.15) is 0 Å². The van der Waals surface area contributed by atoms with Gasteiger partial charge in [0.25, 0.3) is 0 Å². The van der Waals surface area contributed by atoms with Crippen LogP contribution in [0.4, 0.5) is 0 Å². The van der Waals surface area contributed by atoms with E-state index in [1.807, 2.05) is 0 Å². The van der Waals surface area contributed by atoms with Crippen LogP contribution in [0, 0.1) is 13.8 Å². The Morgan fingerprint density at radius 3 is 1.38 bits per heavy atom. The standard InChI is InChI=1S/2C15H12.2CH4/c1-11-14-8-4-2-6-12(14)10-13-7-3-5-9-15(11)13;1-11-5-4-8-14-9-12-6-2-3-7-13(12)10-15(11)14;;/h2*2-10H,1H3;2*1H4. The van der Waals surface area contributed by atoms with E-state index < -0.39 is 0 Å². The van der Waals surface area contributed by atoms with Gasteiger partial charge in [0, 0.05) is 0 Å². The van der Waals surface area contributed by atoms with Crippen molar-refractivity contribution >= 4 is 43.1 Å². The molecular weight excluding hydrogens is 384 g/mol. The fourth-order valence-corrected chi connectivity index (χ4v) is 4.36. The van der Waals surface area contributed by atoms with Gasteiger partial charge in [-0.05, 0) is 86.3 Å². The molecule has 0 nitrogen and oxygen atoms in total. The average Bonchev–Trinajstić information content (AvgIpc) is 2.79. The number of benzene rings is 6. The summed E-state index contributed by atoms with van der Waals surface area (Å²) >= 11 is 0. The third kappa shape index (κ3) is 4.22. The summed E-state index contributed by atoms with van der Waals surface area (Å²) < 4.78 is 0. The minimum Gasteiger partial charge on any atom is -0.0776 e. The molecule has 0 heteroatoms. The van der Waals surface area contributed by atoms with Crippen LogP contribution in [0.2, 0.25) is 0 Å². The molecule has 32 heavy (non-hydrogen) atoms. The molecule has 6 aromatic carbocycles. The molecule has 0 atom stereocenters. The van der Waals surface area contributed by atoms with Crippen LogP contribution in [0.5, 0.6) is 0 Å². The Hall–Kier alpha value is -3.64. The van der Waals surface area contributed by atoms with Crippen molar-refractivity contribution in [3.8, 4) is 0 Å². The minimum absolute atomic E-state index is 0. The monoisotopic (exact) mass is 416 g/mol. The lowest BCUT2D eigenvalue weighted by Crippen LogP contribution is -1.81. The molecule has 0 aliphatic rings. The predicted octanol–water partition coefficient (Wildman–Crippen LogP) is 9.88. The Balaban J connectivity index is 0.000000170. The van der Waals surface area contributed by atoms with E-state index in [2.05, 4.69) is 123 Å². The first-order valence-electron chi connectivity index (χ1n) is 10.5. The fourth-order valence-electron chi connectivity index (χ4n) is 4.36. The molecule has 0 spiro atoms. The number of aryl methyl sites for hydroxylation is 2. The van der Waals surface area contributed by atoms with Crippen molar-refractivity contribution < 1.29 is 0 Å². The second-order valence-electron chi connectivity index (χ2n) is 7.94. The maximum Gasteiger partial charge on any atom is -0.0148 e. The molecule has 0 radical (unpaired) electrons. The van der Waals surface area contributed by atoms with Gasteiger partial charge in [-0.1, -0.05) is 106 Å². The van der Waals surface area contributed by atoms with Gasteiger partial charge in [0.15, 0.2) is 0 Å². The highest BCUT2D eigenvalue weighted by Gasteiger charge is 2.02. The average molecular weight is 417 g/mol. The highest BCUT2D eigenvalue weighted by Crippen LogP contribution is 2.27. The first-order chi connectivity index (χ1) is 14.7. The summed E-state index contributed by atoms with van der Waals surface area (Å²) in [5.74, 6) is 0. The molecule has 0 bridgehead atoms. The van der Waals surface area contributed by atoms with Gasteiger partial charge in [0.05, 0.1) is 0 Å². The van der Waals surface area contributed by atoms with Crippen molar-refractivity contribution in [2.45, 2.75) is 28.7 Å². The van der Waals surface area contributed by atoms with Gasteiger partial charge in [0.2, 0.25) is 0 Å². The summed E-state index contributed by atoms with van der Waals surface area (Å²) in [5, 5.41) is 10.7. The van der Waals surface area contributed by atoms with Gasteiger partial charge < -0.3 is 0 Å². The van der Waals surface area contributed by atoms with Crippen LogP contribution in [0.25, 0.3) is 43.1 Å². The van der Waals surface area contributed by atoms with Crippen molar-refractivity contribution in [1.29, 1.82) is 0 Å². The zero-order valence-electron chi connectivity index (χ0n) is 17.4. The summed E-state index contributed by atoms with van der Waals surface area (Å²) in [6.45, 7) is 4.36. The van der Waals surface area contributed by atoms with Crippen LogP contribution in [0.3, 0.4) is 0 Å². The van der Waals surface area contributed by atoms with Crippen molar-refractivity contribution in [3.63, 3.8) is 0 Å². The lowest BCUT2D eigenvalue weighted by atomic mass is 9.98. The number of rotatable bonds is 0. The number of fused-ring (bicyclic) bond motifs is 4. The lowest BCUT2D eigenvalue weighted by Gasteiger charge is -2.06. The van der Waals surface area contributed by atoms with Crippen LogP contribution >= 0.6 is 0 Å². The van der Waals surface area contributed by atoms with Gasteiger partial charge in [0.1, 0.15) is 0 Å². The second kappa shape index (κ2) is 9.66. The van der Waals surface area contributed by atoms with Gasteiger partial charge in [-0.15, -0.1) is 0 Å². The zero-order chi connectivity index (χ0) is 20.5. The Morgan fingerprint density at radius 2 is 0.781 bits per heavy atom. The first kappa shape index (κ1) is 23.0. The summed E-state index contributed by atoms with van der Waals surface area (Å²) in [7, 11) is 0. The molecule has 0 heterocycles. The van der Waals surface area contributed by atoms with Crippen molar-refractivity contribution in [2.24, 2.45) is 0 Å². The molecule has 6 aromatic rings. The lowest BCUT2D eigenvalue weighted by molar-refractivity contribution is 1.54. The van der Waals surface area contributed by atoms with Gasteiger partial charge in [-0.25, -0.2) is 0 Å². The van der Waals surface area contributed by atoms with E-state index in [1.165, 1.54) is 54.2 Å². The zero-order valence-corrected chi connectivity index (χ0v) is 17.4. The first-order valence-corrected chi connectivity index (χ1v) is 10.5.